The van der Waals surface area contributed by atoms with Crippen LogP contribution in [0.15, 0.2) is 72.9 Å². The normalized spacial score (nSPS) is 15.0. The number of hydrogen-bond acceptors (Lipinski definition) is 9. The maximum atomic E-state index is 12.5. The average Bonchev–Trinajstić information content (AvgIpc) is 3.04. The van der Waals surface area contributed by atoms with Crippen LogP contribution in [0.5, 0.6) is 0 Å². The van der Waals surface area contributed by atoms with E-state index in [-0.39, 0.29) is 19.4 Å². The van der Waals surface area contributed by atoms with Crippen molar-refractivity contribution in [3.05, 3.63) is 72.9 Å². The minimum atomic E-state index is -4.73. The fourth-order valence-corrected chi connectivity index (χ4v) is 4.44. The number of ether oxygens (including phenoxy) is 2. The molecule has 47 heavy (non-hydrogen) atoms. The summed E-state index contributed by atoms with van der Waals surface area (Å²) in [4.78, 5) is 45.5. The number of rotatable bonds is 29. The molecule has 11 nitrogen and oxygen atoms in total. The minimum Gasteiger partial charge on any atom is -0.480 e. The molecule has 3 atom stereocenters. The predicted molar refractivity (Wildman–Crippen MR) is 184 cm³/mol. The van der Waals surface area contributed by atoms with Crippen molar-refractivity contribution in [2.75, 3.05) is 19.8 Å². The maximum Gasteiger partial charge on any atom is 0.472 e. The lowest BCUT2D eigenvalue weighted by Crippen LogP contribution is -2.34. The summed E-state index contributed by atoms with van der Waals surface area (Å²) in [5.41, 5.74) is 5.29. The predicted octanol–water partition coefficient (Wildman–Crippen LogP) is 7.44. The Morgan fingerprint density at radius 1 is 0.681 bits per heavy atom. The van der Waals surface area contributed by atoms with E-state index in [4.69, 9.17) is 24.8 Å². The van der Waals surface area contributed by atoms with Crippen molar-refractivity contribution in [3.8, 4) is 0 Å². The number of hydrogen-bond donors (Lipinski definition) is 3. The Labute approximate surface area is 280 Å². The fourth-order valence-electron chi connectivity index (χ4n) is 3.66. The van der Waals surface area contributed by atoms with Gasteiger partial charge in [0, 0.05) is 12.8 Å². The van der Waals surface area contributed by atoms with E-state index in [1.807, 2.05) is 54.7 Å². The lowest BCUT2D eigenvalue weighted by atomic mass is 10.1. The van der Waals surface area contributed by atoms with Gasteiger partial charge < -0.3 is 25.2 Å². The van der Waals surface area contributed by atoms with Gasteiger partial charge in [0.05, 0.1) is 13.2 Å². The third kappa shape index (κ3) is 30.0. The van der Waals surface area contributed by atoms with Gasteiger partial charge in [-0.1, -0.05) is 112 Å². The Hall–Kier alpha value is -3.08. The number of carboxylic acid groups (broad SMARTS) is 1. The van der Waals surface area contributed by atoms with Gasteiger partial charge in [0.1, 0.15) is 12.6 Å². The van der Waals surface area contributed by atoms with Crippen molar-refractivity contribution in [2.24, 2.45) is 5.73 Å². The van der Waals surface area contributed by atoms with Crippen LogP contribution in [0.25, 0.3) is 0 Å². The first kappa shape index (κ1) is 43.9. The highest BCUT2D eigenvalue weighted by Gasteiger charge is 2.28. The van der Waals surface area contributed by atoms with Crippen molar-refractivity contribution in [1.29, 1.82) is 0 Å². The van der Waals surface area contributed by atoms with Crippen LogP contribution in [0.1, 0.15) is 97.3 Å². The van der Waals surface area contributed by atoms with Crippen LogP contribution < -0.4 is 5.73 Å². The number of allylic oxidation sites excluding steroid dienone is 12. The summed E-state index contributed by atoms with van der Waals surface area (Å²) in [7, 11) is -4.73. The summed E-state index contributed by atoms with van der Waals surface area (Å²) in [5, 5.41) is 8.82. The van der Waals surface area contributed by atoms with Gasteiger partial charge in [0.2, 0.25) is 0 Å². The molecule has 266 valence electrons. The zero-order chi connectivity index (χ0) is 35.0. The van der Waals surface area contributed by atoms with Crippen molar-refractivity contribution >= 4 is 25.7 Å². The average molecular weight is 682 g/mol. The summed E-state index contributed by atoms with van der Waals surface area (Å²) in [5.74, 6) is -2.51. The molecule has 0 fully saturated rings. The highest BCUT2D eigenvalue weighted by Crippen LogP contribution is 2.43. The summed E-state index contributed by atoms with van der Waals surface area (Å²) in [6, 6.07) is -1.54. The van der Waals surface area contributed by atoms with Crippen molar-refractivity contribution in [3.63, 3.8) is 0 Å². The zero-order valence-corrected chi connectivity index (χ0v) is 29.0. The van der Waals surface area contributed by atoms with E-state index in [9.17, 15) is 23.8 Å². The third-order valence-electron chi connectivity index (χ3n) is 6.32. The molecule has 0 aromatic rings. The molecular weight excluding hydrogens is 625 g/mol. The monoisotopic (exact) mass is 681 g/mol. The van der Waals surface area contributed by atoms with Gasteiger partial charge in [-0.2, -0.15) is 0 Å². The standard InChI is InChI=1S/C35H56NO10P/c1-3-5-7-9-11-13-15-16-17-19-21-23-25-27-34(38)46-31(29-44-47(41,42)45-30-32(36)35(39)40)28-43-33(37)26-24-22-20-18-14-12-10-8-6-4-2/h5,7,9-13,15-17,19,21,31-32H,3-4,6,8,14,18,20,22-30,36H2,1-2H3,(H,39,40)(H,41,42)/b7-5+,11-9+,12-10+,15-13+,17-16+,21-19+/t31?,32-/m0/s1. The Morgan fingerprint density at radius 3 is 1.87 bits per heavy atom. The van der Waals surface area contributed by atoms with Crippen LogP contribution in [0.2, 0.25) is 0 Å². The van der Waals surface area contributed by atoms with E-state index in [0.717, 1.165) is 38.5 Å². The van der Waals surface area contributed by atoms with Gasteiger partial charge in [-0.15, -0.1) is 0 Å². The molecule has 0 aliphatic heterocycles. The first-order valence-electron chi connectivity index (χ1n) is 16.5. The van der Waals surface area contributed by atoms with E-state index in [0.29, 0.717) is 19.3 Å². The van der Waals surface area contributed by atoms with E-state index < -0.39 is 51.1 Å². The summed E-state index contributed by atoms with van der Waals surface area (Å²) < 4.78 is 32.3. The number of nitrogens with two attached hydrogens (primary N) is 1. The number of esters is 2. The molecule has 0 aliphatic rings. The number of aliphatic carboxylic acids is 1. The van der Waals surface area contributed by atoms with Crippen LogP contribution in [0.4, 0.5) is 0 Å². The van der Waals surface area contributed by atoms with E-state index >= 15 is 0 Å². The lowest BCUT2D eigenvalue weighted by molar-refractivity contribution is -0.161. The van der Waals surface area contributed by atoms with Gasteiger partial charge in [0.25, 0.3) is 0 Å². The second-order valence-electron chi connectivity index (χ2n) is 10.7. The van der Waals surface area contributed by atoms with E-state index in [1.165, 1.54) is 12.8 Å². The van der Waals surface area contributed by atoms with Crippen molar-refractivity contribution in [2.45, 2.75) is 109 Å². The summed E-state index contributed by atoms with van der Waals surface area (Å²) in [6.07, 6.45) is 32.9. The number of unbranched alkanes of at least 4 members (excludes halogenated alkanes) is 7. The van der Waals surface area contributed by atoms with E-state index in [2.05, 4.69) is 36.6 Å². The Bertz CT molecular complexity index is 1080. The summed E-state index contributed by atoms with van der Waals surface area (Å²) >= 11 is 0. The molecule has 0 saturated carbocycles. The van der Waals surface area contributed by atoms with Crippen LogP contribution in [0, 0.1) is 0 Å². The smallest absolute Gasteiger partial charge is 0.472 e. The SMILES string of the molecule is CC/C=C/C=C/C=C/C=C/C=C/CCCC(=O)OC(COC(=O)CCCCCC/C=C/CCCC)COP(=O)(O)OC[C@H](N)C(=O)O. The highest BCUT2D eigenvalue weighted by molar-refractivity contribution is 7.47. The molecule has 0 rings (SSSR count). The third-order valence-corrected chi connectivity index (χ3v) is 7.27. The van der Waals surface area contributed by atoms with E-state index in [1.54, 1.807) is 0 Å². The van der Waals surface area contributed by atoms with Crippen LogP contribution in [0.3, 0.4) is 0 Å². The van der Waals surface area contributed by atoms with Crippen molar-refractivity contribution < 1.29 is 47.5 Å². The largest absolute Gasteiger partial charge is 0.480 e. The highest BCUT2D eigenvalue weighted by atomic mass is 31.2. The number of phosphoric acid groups is 1. The fraction of sp³-hybridized carbons (Fsp3) is 0.571. The lowest BCUT2D eigenvalue weighted by Gasteiger charge is -2.20. The molecule has 0 amide bonds. The Morgan fingerprint density at radius 2 is 1.23 bits per heavy atom. The quantitative estimate of drug-likeness (QED) is 0.0236. The number of carbonyl (C=O) groups excluding carboxylic acids is 2. The molecule has 12 heteroatoms. The van der Waals surface area contributed by atoms with Gasteiger partial charge in [0.15, 0.2) is 6.10 Å². The molecule has 0 spiro atoms. The van der Waals surface area contributed by atoms with Crippen LogP contribution in [-0.2, 0) is 37.5 Å². The number of carbonyl (C=O) groups is 3. The molecule has 0 radical (unpaired) electrons. The van der Waals surface area contributed by atoms with Crippen LogP contribution in [-0.4, -0.2) is 59.9 Å². The summed E-state index contributed by atoms with van der Waals surface area (Å²) in [6.45, 7) is 2.46. The topological polar surface area (TPSA) is 172 Å². The molecule has 2 unspecified atom stereocenters. The second kappa shape index (κ2) is 30.3. The Kier molecular flexibility index (Phi) is 28.3. The second-order valence-corrected chi connectivity index (χ2v) is 12.1. The van der Waals surface area contributed by atoms with Gasteiger partial charge in [-0.3, -0.25) is 23.4 Å². The molecule has 0 saturated heterocycles. The Balaban J connectivity index is 4.71. The molecule has 0 aromatic carbocycles. The van der Waals surface area contributed by atoms with Gasteiger partial charge in [-0.25, -0.2) is 4.57 Å². The van der Waals surface area contributed by atoms with Gasteiger partial charge >= 0.3 is 25.7 Å². The number of carboxylic acids is 1. The first-order chi connectivity index (χ1) is 22.6. The zero-order valence-electron chi connectivity index (χ0n) is 28.1. The van der Waals surface area contributed by atoms with Gasteiger partial charge in [-0.05, 0) is 44.9 Å². The molecule has 0 aliphatic carbocycles. The van der Waals surface area contributed by atoms with Crippen LogP contribution >= 0.6 is 7.82 Å². The number of phosphoric ester groups is 1. The minimum absolute atomic E-state index is 0.0586. The molecule has 0 aromatic heterocycles. The molecule has 0 bridgehead atoms. The first-order valence-corrected chi connectivity index (χ1v) is 18.0. The molecule has 4 N–H and O–H groups in total. The maximum absolute atomic E-state index is 12.5. The molecular formula is C35H56NO10P. The molecule has 0 heterocycles. The van der Waals surface area contributed by atoms with Crippen molar-refractivity contribution in [1.82, 2.24) is 0 Å².